The Kier molecular flexibility index (Phi) is 3.89. The maximum absolute atomic E-state index is 10.5. The van der Waals surface area contributed by atoms with Gasteiger partial charge in [-0.25, -0.2) is 4.98 Å². The molecule has 0 atom stereocenters. The monoisotopic (exact) mass is 348 g/mol. The molecule has 0 fully saturated rings. The molecule has 0 saturated carbocycles. The van der Waals surface area contributed by atoms with Crippen LogP contribution in [-0.2, 0) is 0 Å². The SMILES string of the molecule is COc1ccc(-c2cn3cnnc3nc2-c2ccc(OC)cc2O)cc1. The minimum Gasteiger partial charge on any atom is -0.507 e. The molecule has 2 heterocycles. The Morgan fingerprint density at radius 2 is 1.65 bits per heavy atom. The zero-order chi connectivity index (χ0) is 18.1. The molecule has 0 amide bonds. The molecule has 0 unspecified atom stereocenters. The summed E-state index contributed by atoms with van der Waals surface area (Å²) in [5.74, 6) is 1.87. The number of phenols is 1. The van der Waals surface area contributed by atoms with Crippen LogP contribution < -0.4 is 9.47 Å². The van der Waals surface area contributed by atoms with Crippen LogP contribution in [0.2, 0.25) is 0 Å². The van der Waals surface area contributed by atoms with Gasteiger partial charge >= 0.3 is 0 Å². The molecule has 7 nitrogen and oxygen atoms in total. The molecule has 4 rings (SSSR count). The van der Waals surface area contributed by atoms with Gasteiger partial charge < -0.3 is 14.6 Å². The van der Waals surface area contributed by atoms with Crippen LogP contribution in [0.4, 0.5) is 0 Å². The van der Waals surface area contributed by atoms with E-state index in [4.69, 9.17) is 9.47 Å². The molecular formula is C19H16N4O3. The highest BCUT2D eigenvalue weighted by molar-refractivity contribution is 5.84. The average molecular weight is 348 g/mol. The van der Waals surface area contributed by atoms with E-state index in [9.17, 15) is 5.11 Å². The van der Waals surface area contributed by atoms with E-state index in [0.29, 0.717) is 22.8 Å². The van der Waals surface area contributed by atoms with Crippen molar-refractivity contribution >= 4 is 5.78 Å². The fourth-order valence-corrected chi connectivity index (χ4v) is 2.79. The number of aromatic nitrogens is 4. The number of nitrogens with zero attached hydrogens (tertiary/aromatic N) is 4. The first-order valence-corrected chi connectivity index (χ1v) is 7.92. The standard InChI is InChI=1S/C19H16N4O3/c1-25-13-5-3-12(4-6-13)16-10-23-11-20-22-19(23)21-18(16)15-8-7-14(26-2)9-17(15)24/h3-11,24H,1-2H3. The maximum Gasteiger partial charge on any atom is 0.255 e. The van der Waals surface area contributed by atoms with E-state index in [-0.39, 0.29) is 5.75 Å². The lowest BCUT2D eigenvalue weighted by atomic mass is 10.00. The van der Waals surface area contributed by atoms with Crippen LogP contribution in [0.25, 0.3) is 28.2 Å². The lowest BCUT2D eigenvalue weighted by molar-refractivity contribution is 0.408. The van der Waals surface area contributed by atoms with Gasteiger partial charge in [0.1, 0.15) is 23.6 Å². The molecule has 2 aromatic carbocycles. The Bertz CT molecular complexity index is 1070. The largest absolute Gasteiger partial charge is 0.507 e. The molecule has 1 N–H and O–H groups in total. The number of hydrogen-bond donors (Lipinski definition) is 1. The number of methoxy groups -OCH3 is 2. The molecule has 2 aromatic heterocycles. The highest BCUT2D eigenvalue weighted by atomic mass is 16.5. The van der Waals surface area contributed by atoms with Gasteiger partial charge in [-0.05, 0) is 29.8 Å². The lowest BCUT2D eigenvalue weighted by Gasteiger charge is -2.12. The van der Waals surface area contributed by atoms with Gasteiger partial charge in [0.15, 0.2) is 0 Å². The van der Waals surface area contributed by atoms with Crippen molar-refractivity contribution in [3.63, 3.8) is 0 Å². The quantitative estimate of drug-likeness (QED) is 0.610. The average Bonchev–Trinajstić information content (AvgIpc) is 3.14. The Hall–Kier alpha value is -3.61. The topological polar surface area (TPSA) is 81.8 Å². The Labute approximate surface area is 149 Å². The summed E-state index contributed by atoms with van der Waals surface area (Å²) in [5, 5.41) is 18.4. The number of ether oxygens (including phenoxy) is 2. The molecule has 0 saturated heterocycles. The molecule has 130 valence electrons. The summed E-state index contributed by atoms with van der Waals surface area (Å²) in [6.07, 6.45) is 3.48. The Morgan fingerprint density at radius 1 is 0.923 bits per heavy atom. The van der Waals surface area contributed by atoms with Crippen LogP contribution in [0.1, 0.15) is 0 Å². The second-order valence-corrected chi connectivity index (χ2v) is 5.65. The van der Waals surface area contributed by atoms with E-state index in [1.54, 1.807) is 43.1 Å². The number of aromatic hydroxyl groups is 1. The van der Waals surface area contributed by atoms with Crippen molar-refractivity contribution in [3.8, 4) is 39.6 Å². The van der Waals surface area contributed by atoms with Gasteiger partial charge in [0, 0.05) is 23.4 Å². The summed E-state index contributed by atoms with van der Waals surface area (Å²) in [5.41, 5.74) is 2.96. The van der Waals surface area contributed by atoms with Gasteiger partial charge in [0.05, 0.1) is 19.9 Å². The van der Waals surface area contributed by atoms with Crippen LogP contribution in [-0.4, -0.2) is 38.9 Å². The summed E-state index contributed by atoms with van der Waals surface area (Å²) >= 11 is 0. The van der Waals surface area contributed by atoms with Crippen molar-refractivity contribution in [3.05, 3.63) is 55.0 Å². The zero-order valence-electron chi connectivity index (χ0n) is 14.2. The maximum atomic E-state index is 10.5. The molecule has 7 heteroatoms. The predicted molar refractivity (Wildman–Crippen MR) is 96.4 cm³/mol. The molecular weight excluding hydrogens is 332 g/mol. The van der Waals surface area contributed by atoms with Gasteiger partial charge in [0.25, 0.3) is 5.78 Å². The minimum absolute atomic E-state index is 0.0791. The first-order valence-electron chi connectivity index (χ1n) is 7.92. The van der Waals surface area contributed by atoms with Crippen molar-refractivity contribution < 1.29 is 14.6 Å². The number of benzene rings is 2. The van der Waals surface area contributed by atoms with Crippen molar-refractivity contribution in [1.82, 2.24) is 19.6 Å². The third kappa shape index (κ3) is 2.69. The second kappa shape index (κ2) is 6.36. The molecule has 0 aliphatic carbocycles. The van der Waals surface area contributed by atoms with E-state index >= 15 is 0 Å². The summed E-state index contributed by atoms with van der Waals surface area (Å²) < 4.78 is 12.1. The number of rotatable bonds is 4. The molecule has 0 spiro atoms. The molecule has 0 aliphatic rings. The summed E-state index contributed by atoms with van der Waals surface area (Å²) in [6.45, 7) is 0. The Balaban J connectivity index is 1.94. The van der Waals surface area contributed by atoms with E-state index in [1.807, 2.05) is 30.5 Å². The molecule has 0 radical (unpaired) electrons. The van der Waals surface area contributed by atoms with E-state index in [1.165, 1.54) is 0 Å². The lowest BCUT2D eigenvalue weighted by Crippen LogP contribution is -1.96. The third-order valence-corrected chi connectivity index (χ3v) is 4.15. The fourth-order valence-electron chi connectivity index (χ4n) is 2.79. The van der Waals surface area contributed by atoms with Gasteiger partial charge in [-0.15, -0.1) is 10.2 Å². The van der Waals surface area contributed by atoms with Crippen LogP contribution in [0.3, 0.4) is 0 Å². The van der Waals surface area contributed by atoms with Crippen LogP contribution in [0.15, 0.2) is 55.0 Å². The summed E-state index contributed by atoms with van der Waals surface area (Å²) in [4.78, 5) is 4.60. The molecule has 4 aromatic rings. The second-order valence-electron chi connectivity index (χ2n) is 5.65. The third-order valence-electron chi connectivity index (χ3n) is 4.15. The van der Waals surface area contributed by atoms with E-state index in [2.05, 4.69) is 15.2 Å². The number of hydrogen-bond acceptors (Lipinski definition) is 6. The highest BCUT2D eigenvalue weighted by Gasteiger charge is 2.16. The van der Waals surface area contributed by atoms with Crippen LogP contribution >= 0.6 is 0 Å². The van der Waals surface area contributed by atoms with Crippen molar-refractivity contribution in [2.45, 2.75) is 0 Å². The van der Waals surface area contributed by atoms with Gasteiger partial charge in [-0.1, -0.05) is 12.1 Å². The number of phenolic OH excluding ortho intramolecular Hbond substituents is 1. The zero-order valence-corrected chi connectivity index (χ0v) is 14.2. The van der Waals surface area contributed by atoms with Crippen molar-refractivity contribution in [2.75, 3.05) is 14.2 Å². The summed E-state index contributed by atoms with van der Waals surface area (Å²) in [7, 11) is 3.18. The minimum atomic E-state index is 0.0791. The smallest absolute Gasteiger partial charge is 0.255 e. The summed E-state index contributed by atoms with van der Waals surface area (Å²) in [6, 6.07) is 12.8. The van der Waals surface area contributed by atoms with Crippen molar-refractivity contribution in [2.24, 2.45) is 0 Å². The normalized spacial score (nSPS) is 10.8. The highest BCUT2D eigenvalue weighted by Crippen LogP contribution is 2.37. The van der Waals surface area contributed by atoms with Gasteiger partial charge in [-0.3, -0.25) is 4.40 Å². The Morgan fingerprint density at radius 3 is 2.35 bits per heavy atom. The van der Waals surface area contributed by atoms with Crippen molar-refractivity contribution in [1.29, 1.82) is 0 Å². The van der Waals surface area contributed by atoms with Crippen LogP contribution in [0.5, 0.6) is 17.2 Å². The van der Waals surface area contributed by atoms with E-state index in [0.717, 1.165) is 16.9 Å². The fraction of sp³-hybridized carbons (Fsp3) is 0.105. The van der Waals surface area contributed by atoms with Gasteiger partial charge in [-0.2, -0.15) is 0 Å². The van der Waals surface area contributed by atoms with Gasteiger partial charge in [0.2, 0.25) is 0 Å². The molecule has 0 bridgehead atoms. The molecule has 26 heavy (non-hydrogen) atoms. The number of fused-ring (bicyclic) bond motifs is 1. The van der Waals surface area contributed by atoms with Crippen LogP contribution in [0, 0.1) is 0 Å². The predicted octanol–water partition coefficient (Wildman–Crippen LogP) is 3.18. The first kappa shape index (κ1) is 15.9. The molecule has 0 aliphatic heterocycles. The van der Waals surface area contributed by atoms with E-state index < -0.39 is 0 Å². The first-order chi connectivity index (χ1) is 12.7.